The minimum atomic E-state index is -3.63. The Hall–Kier alpha value is -2.94. The molecule has 8 nitrogen and oxygen atoms in total. The van der Waals surface area contributed by atoms with Crippen LogP contribution in [0.5, 0.6) is 0 Å². The molecule has 3 aromatic rings. The monoisotopic (exact) mass is 415 g/mol. The van der Waals surface area contributed by atoms with Crippen molar-refractivity contribution in [2.24, 2.45) is 7.05 Å². The Labute approximate surface area is 170 Å². The third-order valence-corrected chi connectivity index (χ3v) is 5.93. The largest absolute Gasteiger partial charge is 0.269 e. The van der Waals surface area contributed by atoms with Crippen LogP contribution in [0.25, 0.3) is 22.8 Å². The highest BCUT2D eigenvalue weighted by atomic mass is 32.2. The van der Waals surface area contributed by atoms with Gasteiger partial charge in [-0.05, 0) is 25.5 Å². The van der Waals surface area contributed by atoms with Crippen LogP contribution >= 0.6 is 0 Å². The highest BCUT2D eigenvalue weighted by molar-refractivity contribution is 7.90. The van der Waals surface area contributed by atoms with E-state index in [1.54, 1.807) is 28.7 Å². The summed E-state index contributed by atoms with van der Waals surface area (Å²) in [7, 11) is -1.83. The Morgan fingerprint density at radius 3 is 2.76 bits per heavy atom. The second-order valence-corrected chi connectivity index (χ2v) is 8.73. The van der Waals surface area contributed by atoms with Gasteiger partial charge >= 0.3 is 0 Å². The van der Waals surface area contributed by atoms with Gasteiger partial charge in [0.1, 0.15) is 0 Å². The molecule has 29 heavy (non-hydrogen) atoms. The van der Waals surface area contributed by atoms with Crippen LogP contribution in [0.2, 0.25) is 0 Å². The van der Waals surface area contributed by atoms with E-state index in [2.05, 4.69) is 14.9 Å². The summed E-state index contributed by atoms with van der Waals surface area (Å²) in [5.41, 5.74) is 2.31. The maximum atomic E-state index is 12.2. The number of hydrogen-bond donors (Lipinski definition) is 1. The third-order valence-electron chi connectivity index (χ3n) is 4.59. The normalized spacial score (nSPS) is 12.1. The van der Waals surface area contributed by atoms with E-state index < -0.39 is 15.9 Å². The van der Waals surface area contributed by atoms with Crippen molar-refractivity contribution in [3.63, 3.8) is 0 Å². The number of carbonyl (C=O) groups excluding carboxylic acids is 1. The predicted octanol–water partition coefficient (Wildman–Crippen LogP) is 2.72. The van der Waals surface area contributed by atoms with Gasteiger partial charge in [0.25, 0.3) is 5.91 Å². The van der Waals surface area contributed by atoms with E-state index in [9.17, 15) is 13.2 Å². The number of carbonyl (C=O) groups is 1. The van der Waals surface area contributed by atoms with E-state index >= 15 is 0 Å². The number of unbranched alkanes of at least 4 members (excludes halogenated alkanes) is 2. The van der Waals surface area contributed by atoms with E-state index in [4.69, 9.17) is 0 Å². The zero-order chi connectivity index (χ0) is 21.0. The second kappa shape index (κ2) is 8.60. The number of benzene rings is 1. The molecule has 0 saturated carbocycles. The van der Waals surface area contributed by atoms with Gasteiger partial charge in [-0.1, -0.05) is 38.0 Å². The van der Waals surface area contributed by atoms with Gasteiger partial charge in [0.05, 0.1) is 23.2 Å². The van der Waals surface area contributed by atoms with Gasteiger partial charge in [-0.3, -0.25) is 9.48 Å². The van der Waals surface area contributed by atoms with Gasteiger partial charge in [0.15, 0.2) is 5.82 Å². The number of hydrogen-bond acceptors (Lipinski definition) is 5. The quantitative estimate of drug-likeness (QED) is 0.450. The summed E-state index contributed by atoms with van der Waals surface area (Å²) in [4.78, 5) is 12.2. The van der Waals surface area contributed by atoms with Crippen molar-refractivity contribution in [2.45, 2.75) is 33.1 Å². The number of para-hydroxylation sites is 1. The first-order chi connectivity index (χ1) is 13.8. The van der Waals surface area contributed by atoms with E-state index in [0.717, 1.165) is 23.7 Å². The molecule has 0 bridgehead atoms. The number of fused-ring (bicyclic) bond motifs is 1. The van der Waals surface area contributed by atoms with E-state index in [1.165, 1.54) is 6.08 Å². The van der Waals surface area contributed by atoms with Gasteiger partial charge in [0.2, 0.25) is 10.0 Å². The number of rotatable bonds is 8. The van der Waals surface area contributed by atoms with Crippen molar-refractivity contribution in [3.8, 4) is 5.82 Å². The average molecular weight is 416 g/mol. The molecule has 1 aromatic carbocycles. The Morgan fingerprint density at radius 1 is 1.24 bits per heavy atom. The molecule has 2 aromatic heterocycles. The van der Waals surface area contributed by atoms with Crippen LogP contribution in [0.4, 0.5) is 0 Å². The van der Waals surface area contributed by atoms with E-state index in [0.29, 0.717) is 23.5 Å². The first-order valence-electron chi connectivity index (χ1n) is 9.51. The topological polar surface area (TPSA) is 98.9 Å². The van der Waals surface area contributed by atoms with E-state index in [1.807, 2.05) is 38.1 Å². The van der Waals surface area contributed by atoms with Crippen LogP contribution in [0.15, 0.2) is 36.5 Å². The minimum Gasteiger partial charge on any atom is -0.269 e. The Balaban J connectivity index is 1.86. The molecular weight excluding hydrogens is 390 g/mol. The van der Waals surface area contributed by atoms with Gasteiger partial charge in [-0.25, -0.2) is 17.8 Å². The first-order valence-corrected chi connectivity index (χ1v) is 11.2. The summed E-state index contributed by atoms with van der Waals surface area (Å²) in [5, 5.41) is 9.87. The lowest BCUT2D eigenvalue weighted by Gasteiger charge is -2.06. The summed E-state index contributed by atoms with van der Waals surface area (Å²) < 4.78 is 29.5. The van der Waals surface area contributed by atoms with Gasteiger partial charge < -0.3 is 0 Å². The zero-order valence-electron chi connectivity index (χ0n) is 16.8. The summed E-state index contributed by atoms with van der Waals surface area (Å²) in [6.45, 7) is 3.82. The van der Waals surface area contributed by atoms with Crippen LogP contribution in [-0.4, -0.2) is 39.6 Å². The zero-order valence-corrected chi connectivity index (χ0v) is 17.6. The first kappa shape index (κ1) is 20.8. The van der Waals surface area contributed by atoms with Crippen molar-refractivity contribution in [1.82, 2.24) is 24.3 Å². The summed E-state index contributed by atoms with van der Waals surface area (Å²) in [5.74, 6) is -0.0452. The van der Waals surface area contributed by atoms with E-state index in [-0.39, 0.29) is 5.75 Å². The third kappa shape index (κ3) is 4.73. The molecule has 0 unspecified atom stereocenters. The molecule has 154 valence electrons. The minimum absolute atomic E-state index is 0.0587. The Kier molecular flexibility index (Phi) is 6.17. The summed E-state index contributed by atoms with van der Waals surface area (Å²) in [6.07, 6.45) is 6.80. The van der Waals surface area contributed by atoms with Gasteiger partial charge in [0, 0.05) is 24.1 Å². The molecule has 3 rings (SSSR count). The molecule has 2 heterocycles. The maximum absolute atomic E-state index is 12.2. The molecule has 0 aliphatic carbocycles. The fraction of sp³-hybridized carbons (Fsp3) is 0.350. The molecule has 0 fully saturated rings. The number of amides is 1. The van der Waals surface area contributed by atoms with Crippen LogP contribution in [0.3, 0.4) is 0 Å². The molecule has 1 N–H and O–H groups in total. The molecule has 0 spiro atoms. The number of nitrogens with one attached hydrogen (secondary N) is 1. The SMILES string of the molecule is CCCCCS(=O)(=O)NC(=O)/C=C/c1c(C)nn(C)c1-n1ncc2ccccc21. The lowest BCUT2D eigenvalue weighted by molar-refractivity contribution is -0.114. The number of aryl methyl sites for hydroxylation is 2. The highest BCUT2D eigenvalue weighted by Crippen LogP contribution is 2.23. The van der Waals surface area contributed by atoms with Crippen LogP contribution < -0.4 is 4.72 Å². The smallest absolute Gasteiger partial charge is 0.257 e. The average Bonchev–Trinajstić information content (AvgIpc) is 3.19. The number of aromatic nitrogens is 4. The highest BCUT2D eigenvalue weighted by Gasteiger charge is 2.17. The fourth-order valence-electron chi connectivity index (χ4n) is 3.19. The van der Waals surface area contributed by atoms with Crippen molar-refractivity contribution >= 4 is 32.9 Å². The second-order valence-electron chi connectivity index (χ2n) is 6.89. The molecule has 9 heteroatoms. The lowest BCUT2D eigenvalue weighted by Crippen LogP contribution is -2.31. The summed E-state index contributed by atoms with van der Waals surface area (Å²) >= 11 is 0. The fourth-order valence-corrected chi connectivity index (χ4v) is 4.25. The van der Waals surface area contributed by atoms with Crippen molar-refractivity contribution in [1.29, 1.82) is 0 Å². The van der Waals surface area contributed by atoms with Crippen LogP contribution in [0, 0.1) is 6.92 Å². The number of sulfonamides is 1. The maximum Gasteiger partial charge on any atom is 0.257 e. The molecule has 0 radical (unpaired) electrons. The molecule has 1 amide bonds. The number of nitrogens with zero attached hydrogens (tertiary/aromatic N) is 4. The van der Waals surface area contributed by atoms with Crippen molar-refractivity contribution < 1.29 is 13.2 Å². The molecule has 0 aliphatic heterocycles. The summed E-state index contributed by atoms with van der Waals surface area (Å²) in [6, 6.07) is 7.78. The molecular formula is C20H25N5O3S. The predicted molar refractivity (Wildman–Crippen MR) is 113 cm³/mol. The lowest BCUT2D eigenvalue weighted by atomic mass is 10.2. The Bertz CT molecular complexity index is 1160. The molecule has 0 atom stereocenters. The van der Waals surface area contributed by atoms with Crippen LogP contribution in [-0.2, 0) is 21.9 Å². The molecule has 0 aliphatic rings. The van der Waals surface area contributed by atoms with Crippen molar-refractivity contribution in [3.05, 3.63) is 47.8 Å². The van der Waals surface area contributed by atoms with Gasteiger partial charge in [-0.15, -0.1) is 0 Å². The Morgan fingerprint density at radius 2 is 2.00 bits per heavy atom. The molecule has 0 saturated heterocycles. The van der Waals surface area contributed by atoms with Gasteiger partial charge in [-0.2, -0.15) is 10.2 Å². The van der Waals surface area contributed by atoms with Crippen molar-refractivity contribution in [2.75, 3.05) is 5.75 Å². The standard InChI is InChI=1S/C20H25N5O3S/c1-4-5-8-13-29(27,28)23-19(26)12-11-17-15(2)22-24(3)20(17)25-18-10-7-6-9-16(18)14-21-25/h6-7,9-12,14H,4-5,8,13H2,1-3H3,(H,23,26)/b12-11+. The van der Waals surface area contributed by atoms with Crippen LogP contribution in [0.1, 0.15) is 37.4 Å².